The van der Waals surface area contributed by atoms with Crippen LogP contribution in [0.15, 0.2) is 58.9 Å². The number of carboxylic acids is 1. The molecule has 0 unspecified atom stereocenters. The molecule has 2 atom stereocenters. The molecular formula is C37H36ClN7O4S2. The number of hydrogen-bond donors (Lipinski definition) is 2. The molecule has 14 heteroatoms. The summed E-state index contributed by atoms with van der Waals surface area (Å²) in [6.07, 6.45) is 3.52. The number of carboxylic acid groups (broad SMARTS) is 1. The number of halogens is 1. The van der Waals surface area contributed by atoms with E-state index in [1.807, 2.05) is 29.6 Å². The van der Waals surface area contributed by atoms with Gasteiger partial charge in [0.05, 0.1) is 23.8 Å². The normalized spacial score (nSPS) is 16.0. The first-order chi connectivity index (χ1) is 24.8. The molecule has 0 saturated carbocycles. The highest BCUT2D eigenvalue weighted by Crippen LogP contribution is 2.40. The molecule has 0 aliphatic carbocycles. The molecule has 2 N–H and O–H groups in total. The number of nitrogens with zero attached hydrogens (tertiary/aromatic N) is 6. The molecule has 2 aromatic carbocycles. The van der Waals surface area contributed by atoms with Crippen LogP contribution in [0.4, 0.5) is 5.82 Å². The third kappa shape index (κ3) is 8.29. The van der Waals surface area contributed by atoms with Gasteiger partial charge in [-0.05, 0) is 69.0 Å². The number of hydrogen-bond acceptors (Lipinski definition) is 11. The van der Waals surface area contributed by atoms with E-state index in [-0.39, 0.29) is 19.1 Å². The van der Waals surface area contributed by atoms with Crippen molar-refractivity contribution >= 4 is 52.4 Å². The molecule has 1 amide bonds. The number of rotatable bonds is 13. The van der Waals surface area contributed by atoms with Crippen molar-refractivity contribution < 1.29 is 19.4 Å². The second-order valence-electron chi connectivity index (χ2n) is 12.3. The lowest BCUT2D eigenvalue weighted by Crippen LogP contribution is -2.51. The zero-order chi connectivity index (χ0) is 35.9. The standard InChI is InChI=1S/C37H36ClN7O4S2/c1-23(37(47)48)45(36(46)31-5-4-14-41-31)17-18-49-28-12-8-24(9-13-28)32-29(19-39)33(44-15-2-3-16-44)43-35(30(32)20-40)51-22-27-21-50-34(42-27)25-6-10-26(38)11-7-25/h6-13,21,23,31,41H,2-5,14-18,22H2,1H3,(H,47,48)/t23-,31-/m0/s1. The van der Waals surface area contributed by atoms with Gasteiger partial charge in [0.15, 0.2) is 0 Å². The van der Waals surface area contributed by atoms with E-state index in [0.29, 0.717) is 56.0 Å². The van der Waals surface area contributed by atoms with Crippen molar-refractivity contribution in [3.05, 3.63) is 75.8 Å². The van der Waals surface area contributed by atoms with Crippen LogP contribution in [0.5, 0.6) is 5.75 Å². The van der Waals surface area contributed by atoms with Gasteiger partial charge in [-0.2, -0.15) is 10.5 Å². The average molecular weight is 742 g/mol. The van der Waals surface area contributed by atoms with Gasteiger partial charge in [-0.15, -0.1) is 11.3 Å². The van der Waals surface area contributed by atoms with E-state index in [1.165, 1.54) is 34.9 Å². The van der Waals surface area contributed by atoms with Crippen molar-refractivity contribution in [3.8, 4) is 39.6 Å². The van der Waals surface area contributed by atoms with Crippen LogP contribution in [0.2, 0.25) is 5.02 Å². The number of amides is 1. The Morgan fingerprint density at radius 2 is 1.78 bits per heavy atom. The SMILES string of the molecule is C[C@@H](C(=O)O)N(CCOc1ccc(-c2c(C#N)c(SCc3csc(-c4ccc(Cl)cc4)n3)nc(N3CCCC3)c2C#N)cc1)C(=O)[C@@H]1CCCN1. The number of nitriles is 2. The molecule has 0 radical (unpaired) electrons. The monoisotopic (exact) mass is 741 g/mol. The van der Waals surface area contributed by atoms with Crippen molar-refractivity contribution in [2.75, 3.05) is 37.7 Å². The van der Waals surface area contributed by atoms with Gasteiger partial charge >= 0.3 is 5.97 Å². The molecule has 262 valence electrons. The Balaban J connectivity index is 1.23. The summed E-state index contributed by atoms with van der Waals surface area (Å²) in [6, 6.07) is 17.9. The Morgan fingerprint density at radius 1 is 1.08 bits per heavy atom. The second-order valence-corrected chi connectivity index (χ2v) is 14.5. The molecule has 2 aliphatic heterocycles. The lowest BCUT2D eigenvalue weighted by molar-refractivity contribution is -0.150. The lowest BCUT2D eigenvalue weighted by atomic mass is 9.96. The number of thiazole rings is 1. The predicted octanol–water partition coefficient (Wildman–Crippen LogP) is 6.59. The zero-order valence-electron chi connectivity index (χ0n) is 28.0. The van der Waals surface area contributed by atoms with E-state index >= 15 is 0 Å². The summed E-state index contributed by atoms with van der Waals surface area (Å²) in [5.41, 5.74) is 3.68. The van der Waals surface area contributed by atoms with Gasteiger partial charge in [-0.1, -0.05) is 47.6 Å². The molecule has 11 nitrogen and oxygen atoms in total. The van der Waals surface area contributed by atoms with Crippen molar-refractivity contribution in [1.29, 1.82) is 10.5 Å². The van der Waals surface area contributed by atoms with Crippen molar-refractivity contribution in [1.82, 2.24) is 20.2 Å². The molecule has 6 rings (SSSR count). The van der Waals surface area contributed by atoms with Crippen molar-refractivity contribution in [2.45, 2.75) is 55.5 Å². The van der Waals surface area contributed by atoms with Crippen molar-refractivity contribution in [2.24, 2.45) is 0 Å². The maximum Gasteiger partial charge on any atom is 0.326 e. The topological polar surface area (TPSA) is 155 Å². The van der Waals surface area contributed by atoms with Gasteiger partial charge in [-0.25, -0.2) is 14.8 Å². The number of aromatic nitrogens is 2. The second kappa shape index (κ2) is 16.6. The van der Waals surface area contributed by atoms with Gasteiger partial charge in [0, 0.05) is 40.4 Å². The number of anilines is 1. The van der Waals surface area contributed by atoms with Crippen LogP contribution in [-0.4, -0.2) is 76.7 Å². The number of carbonyl (C=O) groups excluding carboxylic acids is 1. The van der Waals surface area contributed by atoms with Gasteiger partial charge in [0.1, 0.15) is 52.0 Å². The number of pyridine rings is 1. The van der Waals surface area contributed by atoms with E-state index in [2.05, 4.69) is 22.4 Å². The maximum absolute atomic E-state index is 13.1. The van der Waals surface area contributed by atoms with Crippen LogP contribution in [0.1, 0.15) is 49.4 Å². The predicted molar refractivity (Wildman–Crippen MR) is 198 cm³/mol. The third-order valence-electron chi connectivity index (χ3n) is 8.98. The summed E-state index contributed by atoms with van der Waals surface area (Å²) in [5.74, 6) is 0.242. The van der Waals surface area contributed by atoms with E-state index < -0.39 is 18.1 Å². The van der Waals surface area contributed by atoms with Crippen LogP contribution >= 0.6 is 34.7 Å². The van der Waals surface area contributed by atoms with Gasteiger partial charge in [0.2, 0.25) is 5.91 Å². The van der Waals surface area contributed by atoms with Crippen LogP contribution < -0.4 is 15.0 Å². The fraction of sp³-hybridized carbons (Fsp3) is 0.351. The van der Waals surface area contributed by atoms with Gasteiger partial charge in [-0.3, -0.25) is 4.79 Å². The van der Waals surface area contributed by atoms with Crippen LogP contribution in [0.3, 0.4) is 0 Å². The van der Waals surface area contributed by atoms with Crippen LogP contribution in [-0.2, 0) is 15.3 Å². The quantitative estimate of drug-likeness (QED) is 0.143. The number of thioether (sulfide) groups is 1. The summed E-state index contributed by atoms with van der Waals surface area (Å²) in [6.45, 7) is 3.97. The molecule has 0 bridgehead atoms. The van der Waals surface area contributed by atoms with Crippen molar-refractivity contribution in [3.63, 3.8) is 0 Å². The number of nitrogens with one attached hydrogen (secondary N) is 1. The number of carbonyl (C=O) groups is 2. The smallest absolute Gasteiger partial charge is 0.326 e. The van der Waals surface area contributed by atoms with Gasteiger partial charge in [0.25, 0.3) is 0 Å². The van der Waals surface area contributed by atoms with E-state index in [9.17, 15) is 25.2 Å². The first-order valence-corrected chi connectivity index (χ1v) is 19.0. The Labute approximate surface area is 309 Å². The Bertz CT molecular complexity index is 1960. The lowest BCUT2D eigenvalue weighted by Gasteiger charge is -2.29. The maximum atomic E-state index is 13.1. The van der Waals surface area contributed by atoms with E-state index in [1.54, 1.807) is 24.3 Å². The Morgan fingerprint density at radius 3 is 2.43 bits per heavy atom. The third-order valence-corrected chi connectivity index (χ3v) is 11.2. The highest BCUT2D eigenvalue weighted by molar-refractivity contribution is 7.98. The summed E-state index contributed by atoms with van der Waals surface area (Å²) in [5, 5.41) is 37.8. The minimum absolute atomic E-state index is 0.0911. The fourth-order valence-corrected chi connectivity index (χ4v) is 8.19. The molecular weight excluding hydrogens is 706 g/mol. The average Bonchev–Trinajstić information content (AvgIpc) is 3.96. The molecule has 2 saturated heterocycles. The summed E-state index contributed by atoms with van der Waals surface area (Å²) in [7, 11) is 0. The van der Waals surface area contributed by atoms with Crippen LogP contribution in [0.25, 0.3) is 21.7 Å². The van der Waals surface area contributed by atoms with Crippen LogP contribution in [0, 0.1) is 22.7 Å². The minimum atomic E-state index is -1.08. The Hall–Kier alpha value is -4.66. The van der Waals surface area contributed by atoms with Gasteiger partial charge < -0.3 is 25.0 Å². The zero-order valence-corrected chi connectivity index (χ0v) is 30.4. The molecule has 2 aromatic heterocycles. The number of ether oxygens (including phenoxy) is 1. The first kappa shape index (κ1) is 36.1. The number of benzene rings is 2. The Kier molecular flexibility index (Phi) is 11.7. The summed E-state index contributed by atoms with van der Waals surface area (Å²) in [4.78, 5) is 38.0. The highest BCUT2D eigenvalue weighted by atomic mass is 35.5. The number of aliphatic carboxylic acids is 1. The molecule has 51 heavy (non-hydrogen) atoms. The minimum Gasteiger partial charge on any atom is -0.492 e. The fourth-order valence-electron chi connectivity index (χ4n) is 6.26. The molecule has 4 heterocycles. The molecule has 2 fully saturated rings. The van der Waals surface area contributed by atoms with E-state index in [4.69, 9.17) is 26.3 Å². The first-order valence-electron chi connectivity index (χ1n) is 16.7. The largest absolute Gasteiger partial charge is 0.492 e. The summed E-state index contributed by atoms with van der Waals surface area (Å²) < 4.78 is 5.96. The van der Waals surface area contributed by atoms with E-state index in [0.717, 1.165) is 55.2 Å². The molecule has 2 aliphatic rings. The molecule has 0 spiro atoms. The summed E-state index contributed by atoms with van der Waals surface area (Å²) >= 11 is 9.02. The molecule has 4 aromatic rings. The highest BCUT2D eigenvalue weighted by Gasteiger charge is 2.32.